The SMILES string of the molecule is CCc1nn(C)c2nc(N)[nH]c12. The molecule has 3 N–H and O–H groups in total. The number of anilines is 1. The molecule has 2 rings (SSSR count). The average molecular weight is 165 g/mol. The van der Waals surface area contributed by atoms with E-state index in [0.29, 0.717) is 5.95 Å². The number of hydrogen-bond donors (Lipinski definition) is 2. The van der Waals surface area contributed by atoms with E-state index in [9.17, 15) is 0 Å². The van der Waals surface area contributed by atoms with Crippen molar-refractivity contribution < 1.29 is 0 Å². The van der Waals surface area contributed by atoms with Crippen molar-refractivity contribution >= 4 is 17.1 Å². The van der Waals surface area contributed by atoms with Crippen LogP contribution in [0.1, 0.15) is 12.6 Å². The second-order valence-electron chi connectivity index (χ2n) is 2.74. The summed E-state index contributed by atoms with van der Waals surface area (Å²) in [5.74, 6) is 0.452. The molecular weight excluding hydrogens is 154 g/mol. The molecule has 64 valence electrons. The monoisotopic (exact) mass is 165 g/mol. The third-order valence-corrected chi connectivity index (χ3v) is 1.90. The minimum atomic E-state index is 0.452. The molecule has 0 aliphatic carbocycles. The average Bonchev–Trinajstić information content (AvgIpc) is 2.52. The lowest BCUT2D eigenvalue weighted by Crippen LogP contribution is -1.94. The Kier molecular flexibility index (Phi) is 1.33. The number of rotatable bonds is 1. The lowest BCUT2D eigenvalue weighted by Gasteiger charge is -1.87. The van der Waals surface area contributed by atoms with Gasteiger partial charge in [0.25, 0.3) is 0 Å². The van der Waals surface area contributed by atoms with Crippen molar-refractivity contribution in [2.75, 3.05) is 5.73 Å². The fourth-order valence-corrected chi connectivity index (χ4v) is 1.34. The molecule has 0 bridgehead atoms. The van der Waals surface area contributed by atoms with Gasteiger partial charge in [0.2, 0.25) is 0 Å². The first-order valence-electron chi connectivity index (χ1n) is 3.89. The molecule has 0 saturated carbocycles. The molecule has 0 aliphatic heterocycles. The molecule has 2 aromatic heterocycles. The van der Waals surface area contributed by atoms with Gasteiger partial charge in [0.05, 0.1) is 5.69 Å². The van der Waals surface area contributed by atoms with Crippen LogP contribution in [0.4, 0.5) is 5.95 Å². The van der Waals surface area contributed by atoms with Crippen molar-refractivity contribution in [1.82, 2.24) is 19.7 Å². The van der Waals surface area contributed by atoms with Crippen molar-refractivity contribution in [1.29, 1.82) is 0 Å². The summed E-state index contributed by atoms with van der Waals surface area (Å²) in [5.41, 5.74) is 8.31. The predicted molar refractivity (Wildman–Crippen MR) is 46.7 cm³/mol. The van der Waals surface area contributed by atoms with Gasteiger partial charge >= 0.3 is 0 Å². The van der Waals surface area contributed by atoms with Gasteiger partial charge in [0, 0.05) is 7.05 Å². The Bertz CT molecular complexity index is 411. The van der Waals surface area contributed by atoms with Gasteiger partial charge < -0.3 is 10.7 Å². The summed E-state index contributed by atoms with van der Waals surface area (Å²) in [6.45, 7) is 2.05. The van der Waals surface area contributed by atoms with Crippen LogP contribution < -0.4 is 5.73 Å². The van der Waals surface area contributed by atoms with Gasteiger partial charge in [-0.25, -0.2) is 4.68 Å². The lowest BCUT2D eigenvalue weighted by atomic mass is 10.3. The molecule has 12 heavy (non-hydrogen) atoms. The highest BCUT2D eigenvalue weighted by Gasteiger charge is 2.10. The maximum absolute atomic E-state index is 5.52. The summed E-state index contributed by atoms with van der Waals surface area (Å²) >= 11 is 0. The van der Waals surface area contributed by atoms with E-state index in [4.69, 9.17) is 5.73 Å². The number of imidazole rings is 1. The van der Waals surface area contributed by atoms with E-state index in [1.807, 2.05) is 7.05 Å². The van der Waals surface area contributed by atoms with Crippen LogP contribution in [0.2, 0.25) is 0 Å². The number of nitrogen functional groups attached to an aromatic ring is 1. The van der Waals surface area contributed by atoms with E-state index in [-0.39, 0.29) is 0 Å². The number of H-pyrrole nitrogens is 1. The number of aryl methyl sites for hydroxylation is 2. The van der Waals surface area contributed by atoms with Crippen LogP contribution in [-0.2, 0) is 13.5 Å². The van der Waals surface area contributed by atoms with E-state index in [0.717, 1.165) is 23.3 Å². The minimum Gasteiger partial charge on any atom is -0.369 e. The topological polar surface area (TPSA) is 72.5 Å². The van der Waals surface area contributed by atoms with Crippen molar-refractivity contribution in [3.8, 4) is 0 Å². The molecule has 0 aliphatic rings. The van der Waals surface area contributed by atoms with Crippen molar-refractivity contribution in [3.05, 3.63) is 5.69 Å². The Morgan fingerprint density at radius 3 is 3.00 bits per heavy atom. The maximum Gasteiger partial charge on any atom is 0.200 e. The van der Waals surface area contributed by atoms with Gasteiger partial charge in [-0.2, -0.15) is 10.1 Å². The third-order valence-electron chi connectivity index (χ3n) is 1.90. The van der Waals surface area contributed by atoms with Crippen LogP contribution in [0, 0.1) is 0 Å². The van der Waals surface area contributed by atoms with Gasteiger partial charge in [0.15, 0.2) is 11.6 Å². The molecule has 5 nitrogen and oxygen atoms in total. The zero-order valence-corrected chi connectivity index (χ0v) is 7.13. The molecule has 0 radical (unpaired) electrons. The molecule has 5 heteroatoms. The number of nitrogens with two attached hydrogens (primary N) is 1. The van der Waals surface area contributed by atoms with Crippen molar-refractivity contribution in [2.45, 2.75) is 13.3 Å². The first-order valence-corrected chi connectivity index (χ1v) is 3.89. The van der Waals surface area contributed by atoms with E-state index < -0.39 is 0 Å². The molecule has 0 spiro atoms. The predicted octanol–water partition coefficient (Wildman–Crippen LogP) is 0.441. The molecule has 0 unspecified atom stereocenters. The van der Waals surface area contributed by atoms with Gasteiger partial charge in [-0.1, -0.05) is 6.92 Å². The van der Waals surface area contributed by atoms with Crippen LogP contribution in [0.25, 0.3) is 11.2 Å². The molecular formula is C7H11N5. The van der Waals surface area contributed by atoms with Crippen LogP contribution in [0.5, 0.6) is 0 Å². The minimum absolute atomic E-state index is 0.452. The Morgan fingerprint density at radius 1 is 1.58 bits per heavy atom. The van der Waals surface area contributed by atoms with Crippen LogP contribution >= 0.6 is 0 Å². The summed E-state index contributed by atoms with van der Waals surface area (Å²) in [5, 5.41) is 4.28. The standard InChI is InChI=1S/C7H11N5/c1-3-4-5-6(12(2)11-4)10-7(8)9-5/h3H2,1-2H3,(H3,8,9,10). The maximum atomic E-state index is 5.52. The highest BCUT2D eigenvalue weighted by molar-refractivity contribution is 5.76. The fourth-order valence-electron chi connectivity index (χ4n) is 1.34. The quantitative estimate of drug-likeness (QED) is 0.644. The molecule has 2 heterocycles. The number of aromatic amines is 1. The normalized spacial score (nSPS) is 11.2. The largest absolute Gasteiger partial charge is 0.369 e. The Balaban J connectivity index is 2.79. The molecule has 0 saturated heterocycles. The lowest BCUT2D eigenvalue weighted by molar-refractivity contribution is 0.761. The Labute approximate surface area is 69.6 Å². The summed E-state index contributed by atoms with van der Waals surface area (Å²) in [4.78, 5) is 7.09. The first-order chi connectivity index (χ1) is 5.72. The van der Waals surface area contributed by atoms with Crippen molar-refractivity contribution in [2.24, 2.45) is 7.05 Å². The summed E-state index contributed by atoms with van der Waals surface area (Å²) in [6.07, 6.45) is 0.888. The van der Waals surface area contributed by atoms with Gasteiger partial charge in [-0.05, 0) is 6.42 Å². The Hall–Kier alpha value is -1.52. The fraction of sp³-hybridized carbons (Fsp3) is 0.429. The Morgan fingerprint density at radius 2 is 2.33 bits per heavy atom. The zero-order valence-electron chi connectivity index (χ0n) is 7.13. The zero-order chi connectivity index (χ0) is 8.72. The van der Waals surface area contributed by atoms with Gasteiger partial charge in [-0.15, -0.1) is 0 Å². The van der Waals surface area contributed by atoms with E-state index in [1.165, 1.54) is 0 Å². The number of hydrogen-bond acceptors (Lipinski definition) is 3. The smallest absolute Gasteiger partial charge is 0.200 e. The van der Waals surface area contributed by atoms with Crippen LogP contribution in [0.3, 0.4) is 0 Å². The van der Waals surface area contributed by atoms with Crippen LogP contribution in [0.15, 0.2) is 0 Å². The number of fused-ring (bicyclic) bond motifs is 1. The van der Waals surface area contributed by atoms with Crippen molar-refractivity contribution in [3.63, 3.8) is 0 Å². The third kappa shape index (κ3) is 0.792. The van der Waals surface area contributed by atoms with Gasteiger partial charge in [0.1, 0.15) is 5.52 Å². The highest BCUT2D eigenvalue weighted by atomic mass is 15.3. The number of nitrogens with zero attached hydrogens (tertiary/aromatic N) is 3. The molecule has 0 aromatic carbocycles. The van der Waals surface area contributed by atoms with E-state index in [2.05, 4.69) is 22.0 Å². The summed E-state index contributed by atoms with van der Waals surface area (Å²) < 4.78 is 1.74. The molecule has 2 aromatic rings. The number of aromatic nitrogens is 4. The molecule has 0 fully saturated rings. The summed E-state index contributed by atoms with van der Waals surface area (Å²) in [7, 11) is 1.86. The van der Waals surface area contributed by atoms with E-state index >= 15 is 0 Å². The van der Waals surface area contributed by atoms with Crippen LogP contribution in [-0.4, -0.2) is 19.7 Å². The number of nitrogens with one attached hydrogen (secondary N) is 1. The van der Waals surface area contributed by atoms with Gasteiger partial charge in [-0.3, -0.25) is 0 Å². The van der Waals surface area contributed by atoms with E-state index in [1.54, 1.807) is 4.68 Å². The second-order valence-corrected chi connectivity index (χ2v) is 2.74. The second kappa shape index (κ2) is 2.23. The highest BCUT2D eigenvalue weighted by Crippen LogP contribution is 2.15. The molecule has 0 atom stereocenters. The summed E-state index contributed by atoms with van der Waals surface area (Å²) in [6, 6.07) is 0. The molecule has 0 amide bonds. The first kappa shape index (κ1) is 7.15.